The summed E-state index contributed by atoms with van der Waals surface area (Å²) in [5, 5.41) is 7.83. The molecular formula is C35H42BrCl2N3O4. The zero-order valence-electron chi connectivity index (χ0n) is 25.7. The summed E-state index contributed by atoms with van der Waals surface area (Å²) in [7, 11) is 0. The van der Waals surface area contributed by atoms with E-state index in [4.69, 9.17) is 38.4 Å². The van der Waals surface area contributed by atoms with Crippen LogP contribution in [0.4, 0.5) is 17.1 Å². The number of hydrogen-bond donors (Lipinski definition) is 3. The maximum atomic E-state index is 13.0. The van der Waals surface area contributed by atoms with E-state index in [0.717, 1.165) is 42.6 Å². The molecule has 1 aliphatic carbocycles. The Labute approximate surface area is 284 Å². The summed E-state index contributed by atoms with van der Waals surface area (Å²) in [6.45, 7) is 3.50. The quantitative estimate of drug-likeness (QED) is 0.0817. The van der Waals surface area contributed by atoms with Gasteiger partial charge in [-0.05, 0) is 102 Å². The van der Waals surface area contributed by atoms with Crippen molar-refractivity contribution in [3.8, 4) is 0 Å². The van der Waals surface area contributed by atoms with Gasteiger partial charge in [-0.2, -0.15) is 0 Å². The number of hydrogen-bond acceptors (Lipinski definition) is 7. The molecule has 1 atom stereocenters. The molecule has 1 aliphatic rings. The third-order valence-corrected chi connectivity index (χ3v) is 9.42. The molecule has 0 bridgehead atoms. The van der Waals surface area contributed by atoms with Crippen molar-refractivity contribution in [2.24, 2.45) is 5.92 Å². The van der Waals surface area contributed by atoms with Gasteiger partial charge in [0.25, 0.3) is 0 Å². The van der Waals surface area contributed by atoms with Gasteiger partial charge in [-0.1, -0.05) is 73.7 Å². The van der Waals surface area contributed by atoms with Gasteiger partial charge in [0, 0.05) is 16.2 Å². The van der Waals surface area contributed by atoms with Crippen LogP contribution in [0.15, 0.2) is 59.1 Å². The highest BCUT2D eigenvalue weighted by molar-refractivity contribution is 9.10. The number of carbonyl (C=O) groups is 2. The van der Waals surface area contributed by atoms with Gasteiger partial charge in [-0.3, -0.25) is 4.79 Å². The minimum atomic E-state index is -0.368. The van der Waals surface area contributed by atoms with Crippen LogP contribution in [0.25, 0.3) is 0 Å². The first kappa shape index (κ1) is 35.1. The van der Waals surface area contributed by atoms with Crippen LogP contribution in [0.2, 0.25) is 10.0 Å². The average molecular weight is 720 g/mol. The lowest BCUT2D eigenvalue weighted by Crippen LogP contribution is -2.30. The molecule has 7 nitrogen and oxygen atoms in total. The van der Waals surface area contributed by atoms with Crippen LogP contribution in [0.1, 0.15) is 85.8 Å². The van der Waals surface area contributed by atoms with Crippen LogP contribution in [0.3, 0.4) is 0 Å². The summed E-state index contributed by atoms with van der Waals surface area (Å²) in [5.41, 5.74) is 10.7. The van der Waals surface area contributed by atoms with E-state index in [1.807, 2.05) is 30.3 Å². The predicted molar refractivity (Wildman–Crippen MR) is 187 cm³/mol. The van der Waals surface area contributed by atoms with E-state index in [2.05, 4.69) is 33.5 Å². The van der Waals surface area contributed by atoms with Crippen LogP contribution in [-0.2, 0) is 20.7 Å². The number of anilines is 3. The summed E-state index contributed by atoms with van der Waals surface area (Å²) >= 11 is 16.2. The van der Waals surface area contributed by atoms with E-state index in [1.165, 1.54) is 19.3 Å². The fourth-order valence-corrected chi connectivity index (χ4v) is 6.77. The van der Waals surface area contributed by atoms with E-state index >= 15 is 0 Å². The van der Waals surface area contributed by atoms with E-state index in [9.17, 15) is 9.59 Å². The summed E-state index contributed by atoms with van der Waals surface area (Å²) in [6.07, 6.45) is 8.23. The van der Waals surface area contributed by atoms with Crippen molar-refractivity contribution in [2.75, 3.05) is 30.8 Å². The van der Waals surface area contributed by atoms with Gasteiger partial charge in [0.15, 0.2) is 0 Å². The molecule has 10 heteroatoms. The van der Waals surface area contributed by atoms with E-state index < -0.39 is 0 Å². The highest BCUT2D eigenvalue weighted by Gasteiger charge is 2.27. The van der Waals surface area contributed by atoms with Gasteiger partial charge < -0.3 is 25.8 Å². The van der Waals surface area contributed by atoms with Crippen molar-refractivity contribution in [3.05, 3.63) is 85.8 Å². The average Bonchev–Trinajstić information content (AvgIpc) is 3.03. The Morgan fingerprint density at radius 3 is 2.36 bits per heavy atom. The molecule has 3 aromatic rings. The summed E-state index contributed by atoms with van der Waals surface area (Å²) in [4.78, 5) is 25.5. The monoisotopic (exact) mass is 717 g/mol. The highest BCUT2D eigenvalue weighted by atomic mass is 79.9. The number of unbranched alkanes of at least 4 members (excludes halogenated alkanes) is 2. The summed E-state index contributed by atoms with van der Waals surface area (Å²) in [5.74, 6) is -0.199. The SMILES string of the molecule is CCNC(c1cc(C(=O)OCCCCCOC(=O)Cc2ccccc2Nc2c(Cl)cccc2Cl)cc(Br)c1N)C1CCCCC1. The largest absolute Gasteiger partial charge is 0.465 e. The molecule has 1 fully saturated rings. The second-order valence-electron chi connectivity index (χ2n) is 11.4. The Bertz CT molecular complexity index is 1430. The second kappa shape index (κ2) is 17.8. The number of para-hydroxylation sites is 2. The van der Waals surface area contributed by atoms with Crippen molar-refractivity contribution in [3.63, 3.8) is 0 Å². The van der Waals surface area contributed by atoms with Crippen molar-refractivity contribution in [1.82, 2.24) is 5.32 Å². The Hall–Kier alpha value is -2.78. The van der Waals surface area contributed by atoms with E-state index in [-0.39, 0.29) is 31.0 Å². The normalized spacial score (nSPS) is 14.1. The molecule has 3 aromatic carbocycles. The molecule has 1 unspecified atom stereocenters. The fraction of sp³-hybridized carbons (Fsp3) is 0.429. The lowest BCUT2D eigenvalue weighted by Gasteiger charge is -2.32. The highest BCUT2D eigenvalue weighted by Crippen LogP contribution is 2.39. The van der Waals surface area contributed by atoms with Crippen molar-refractivity contribution in [1.29, 1.82) is 0 Å². The van der Waals surface area contributed by atoms with Gasteiger partial charge in [-0.15, -0.1) is 0 Å². The van der Waals surface area contributed by atoms with Gasteiger partial charge in [-0.25, -0.2) is 4.79 Å². The third kappa shape index (κ3) is 10.1. The molecule has 0 radical (unpaired) electrons. The van der Waals surface area contributed by atoms with Gasteiger partial charge in [0.2, 0.25) is 0 Å². The maximum absolute atomic E-state index is 13.0. The van der Waals surface area contributed by atoms with E-state index in [1.54, 1.807) is 24.3 Å². The van der Waals surface area contributed by atoms with Crippen LogP contribution < -0.4 is 16.4 Å². The number of nitrogens with one attached hydrogen (secondary N) is 2. The number of nitrogens with two attached hydrogens (primary N) is 1. The molecule has 0 aliphatic heterocycles. The molecular weight excluding hydrogens is 677 g/mol. The molecule has 0 aromatic heterocycles. The lowest BCUT2D eigenvalue weighted by molar-refractivity contribution is -0.142. The maximum Gasteiger partial charge on any atom is 0.338 e. The molecule has 4 N–H and O–H groups in total. The van der Waals surface area contributed by atoms with Crippen LogP contribution in [-0.4, -0.2) is 31.7 Å². The standard InChI is InChI=1S/C35H42BrCl2N3O4/c1-2-40-33(23-12-5-3-6-13-23)26-20-25(21-27(36)32(26)39)35(43)45-19-10-4-9-18-44-31(42)22-24-14-7-8-17-30(24)41-34-28(37)15-11-16-29(34)38/h7-8,11,14-17,20-21,23,33,40-41H,2-6,9-10,12-13,18-19,22,39H2,1H3. The second-order valence-corrected chi connectivity index (χ2v) is 13.0. The number of ether oxygens (including phenoxy) is 2. The Morgan fingerprint density at radius 2 is 1.64 bits per heavy atom. The number of carbonyl (C=O) groups excluding carboxylic acids is 2. The van der Waals surface area contributed by atoms with Crippen molar-refractivity contribution in [2.45, 2.75) is 70.8 Å². The van der Waals surface area contributed by atoms with Crippen LogP contribution in [0.5, 0.6) is 0 Å². The molecule has 1 saturated carbocycles. The van der Waals surface area contributed by atoms with Crippen LogP contribution >= 0.6 is 39.1 Å². The van der Waals surface area contributed by atoms with Gasteiger partial charge in [0.05, 0.1) is 46.6 Å². The number of esters is 2. The first-order valence-corrected chi connectivity index (χ1v) is 17.3. The molecule has 0 heterocycles. The number of rotatable bonds is 15. The Kier molecular flexibility index (Phi) is 13.9. The van der Waals surface area contributed by atoms with E-state index in [0.29, 0.717) is 56.8 Å². The first-order valence-electron chi connectivity index (χ1n) is 15.7. The fourth-order valence-electron chi connectivity index (χ4n) is 5.80. The first-order chi connectivity index (χ1) is 21.8. The molecule has 0 spiro atoms. The van der Waals surface area contributed by atoms with Gasteiger partial charge in [0.1, 0.15) is 0 Å². The van der Waals surface area contributed by atoms with Crippen molar-refractivity contribution < 1.29 is 19.1 Å². The smallest absolute Gasteiger partial charge is 0.338 e. The Morgan fingerprint density at radius 1 is 0.956 bits per heavy atom. The van der Waals surface area contributed by atoms with Gasteiger partial charge >= 0.3 is 11.9 Å². The van der Waals surface area contributed by atoms with Crippen molar-refractivity contribution >= 4 is 68.1 Å². The summed E-state index contributed by atoms with van der Waals surface area (Å²) in [6, 6.07) is 16.5. The zero-order valence-corrected chi connectivity index (χ0v) is 28.8. The minimum absolute atomic E-state index is 0.104. The molecule has 45 heavy (non-hydrogen) atoms. The molecule has 0 saturated heterocycles. The topological polar surface area (TPSA) is 103 Å². The number of benzene rings is 3. The number of halogens is 3. The molecule has 242 valence electrons. The lowest BCUT2D eigenvalue weighted by atomic mass is 9.80. The van der Waals surface area contributed by atoms with Crippen LogP contribution in [0, 0.1) is 5.92 Å². The third-order valence-electron chi connectivity index (χ3n) is 8.14. The number of nitrogen functional groups attached to an aromatic ring is 1. The summed E-state index contributed by atoms with van der Waals surface area (Å²) < 4.78 is 11.8. The molecule has 4 rings (SSSR count). The molecule has 0 amide bonds. The predicted octanol–water partition coefficient (Wildman–Crippen LogP) is 9.43. The Balaban J connectivity index is 1.21. The zero-order chi connectivity index (χ0) is 32.2. The minimum Gasteiger partial charge on any atom is -0.465 e.